The topological polar surface area (TPSA) is 93.4 Å². The summed E-state index contributed by atoms with van der Waals surface area (Å²) < 4.78 is 5.05. The van der Waals surface area contributed by atoms with Crippen LogP contribution in [0, 0.1) is 16.0 Å². The average Bonchev–Trinajstić information content (AvgIpc) is 2.47. The molecule has 1 fully saturated rings. The van der Waals surface area contributed by atoms with Gasteiger partial charge in [0.2, 0.25) is 11.6 Å². The van der Waals surface area contributed by atoms with E-state index >= 15 is 0 Å². The van der Waals surface area contributed by atoms with Gasteiger partial charge in [-0.3, -0.25) is 10.1 Å². The van der Waals surface area contributed by atoms with Crippen LogP contribution in [0.1, 0.15) is 26.7 Å². The van der Waals surface area contributed by atoms with E-state index in [0.717, 1.165) is 25.9 Å². The van der Waals surface area contributed by atoms with Crippen LogP contribution in [0.4, 0.5) is 17.3 Å². The first kappa shape index (κ1) is 16.4. The number of nitrogens with one attached hydrogen (secondary N) is 1. The van der Waals surface area contributed by atoms with Gasteiger partial charge in [0, 0.05) is 26.2 Å². The van der Waals surface area contributed by atoms with E-state index in [1.54, 1.807) is 7.11 Å². The molecule has 0 saturated carbocycles. The van der Waals surface area contributed by atoms with Crippen molar-refractivity contribution in [2.24, 2.45) is 5.92 Å². The van der Waals surface area contributed by atoms with E-state index in [4.69, 9.17) is 4.74 Å². The maximum Gasteiger partial charge on any atom is 0.353 e. The van der Waals surface area contributed by atoms with Crippen molar-refractivity contribution < 1.29 is 9.66 Å². The van der Waals surface area contributed by atoms with Gasteiger partial charge in [-0.05, 0) is 25.7 Å². The predicted octanol–water partition coefficient (Wildman–Crippen LogP) is 2.07. The Labute approximate surface area is 130 Å². The van der Waals surface area contributed by atoms with E-state index in [-0.39, 0.29) is 17.5 Å². The normalized spacial score (nSPS) is 19.8. The summed E-state index contributed by atoms with van der Waals surface area (Å²) in [7, 11) is 1.59. The lowest BCUT2D eigenvalue weighted by Crippen LogP contribution is -2.35. The highest BCUT2D eigenvalue weighted by Crippen LogP contribution is 2.34. The second kappa shape index (κ2) is 7.35. The maximum atomic E-state index is 11.5. The molecule has 0 aromatic carbocycles. The largest absolute Gasteiger partial charge is 0.383 e. The molecule has 2 atom stereocenters. The molecular formula is C14H23N5O3. The van der Waals surface area contributed by atoms with Crippen molar-refractivity contribution in [3.05, 3.63) is 16.4 Å². The number of aromatic nitrogens is 2. The summed E-state index contributed by atoms with van der Waals surface area (Å²) in [5.74, 6) is 1.16. The van der Waals surface area contributed by atoms with Crippen LogP contribution in [0.15, 0.2) is 6.33 Å². The standard InChI is InChI=1S/C14H23N5O3/c1-10-5-4-6-18(7-10)14-12(19(20)21)13(15-9-16-14)17-11(2)8-22-3/h9-11H,4-8H2,1-3H3,(H,15,16,17). The molecule has 122 valence electrons. The van der Waals surface area contributed by atoms with Crippen LogP contribution < -0.4 is 10.2 Å². The molecule has 1 aromatic heterocycles. The van der Waals surface area contributed by atoms with Crippen molar-refractivity contribution in [2.45, 2.75) is 32.7 Å². The molecule has 0 amide bonds. The van der Waals surface area contributed by atoms with Gasteiger partial charge < -0.3 is 15.0 Å². The van der Waals surface area contributed by atoms with Gasteiger partial charge in [-0.2, -0.15) is 0 Å². The molecule has 8 heteroatoms. The van der Waals surface area contributed by atoms with Gasteiger partial charge in [0.25, 0.3) is 0 Å². The lowest BCUT2D eigenvalue weighted by molar-refractivity contribution is -0.383. The van der Waals surface area contributed by atoms with Gasteiger partial charge in [-0.25, -0.2) is 9.97 Å². The Bertz CT molecular complexity index is 525. The summed E-state index contributed by atoms with van der Waals surface area (Å²) in [5, 5.41) is 14.6. The number of methoxy groups -OCH3 is 1. The highest BCUT2D eigenvalue weighted by Gasteiger charge is 2.29. The minimum Gasteiger partial charge on any atom is -0.383 e. The smallest absolute Gasteiger partial charge is 0.353 e. The molecule has 22 heavy (non-hydrogen) atoms. The quantitative estimate of drug-likeness (QED) is 0.635. The lowest BCUT2D eigenvalue weighted by Gasteiger charge is -2.31. The van der Waals surface area contributed by atoms with Gasteiger partial charge in [0.05, 0.1) is 11.5 Å². The van der Waals surface area contributed by atoms with E-state index in [0.29, 0.717) is 18.3 Å². The lowest BCUT2D eigenvalue weighted by atomic mass is 10.0. The molecule has 2 heterocycles. The fraction of sp³-hybridized carbons (Fsp3) is 0.714. The second-order valence-corrected chi connectivity index (χ2v) is 5.85. The summed E-state index contributed by atoms with van der Waals surface area (Å²) in [6, 6.07) is -0.0771. The molecule has 8 nitrogen and oxygen atoms in total. The van der Waals surface area contributed by atoms with Crippen molar-refractivity contribution in [1.29, 1.82) is 0 Å². The van der Waals surface area contributed by atoms with E-state index in [2.05, 4.69) is 22.2 Å². The van der Waals surface area contributed by atoms with Crippen LogP contribution in [-0.4, -0.2) is 47.7 Å². The van der Waals surface area contributed by atoms with Crippen LogP contribution in [0.25, 0.3) is 0 Å². The molecule has 1 saturated heterocycles. The van der Waals surface area contributed by atoms with E-state index in [9.17, 15) is 10.1 Å². The molecule has 2 rings (SSSR count). The van der Waals surface area contributed by atoms with Gasteiger partial charge >= 0.3 is 5.69 Å². The number of hydrogen-bond acceptors (Lipinski definition) is 7. The van der Waals surface area contributed by atoms with Gasteiger partial charge in [0.1, 0.15) is 6.33 Å². The number of nitro groups is 1. The fourth-order valence-electron chi connectivity index (χ4n) is 2.78. The fourth-order valence-corrected chi connectivity index (χ4v) is 2.78. The highest BCUT2D eigenvalue weighted by molar-refractivity contribution is 5.70. The first-order chi connectivity index (χ1) is 10.5. The average molecular weight is 309 g/mol. The SMILES string of the molecule is COCC(C)Nc1ncnc(N2CCCC(C)C2)c1[N+](=O)[O-]. The minimum absolute atomic E-state index is 0.0560. The molecule has 0 bridgehead atoms. The third kappa shape index (κ3) is 3.82. The Morgan fingerprint density at radius 3 is 3.00 bits per heavy atom. The zero-order valence-corrected chi connectivity index (χ0v) is 13.3. The number of ether oxygens (including phenoxy) is 1. The van der Waals surface area contributed by atoms with E-state index in [1.807, 2.05) is 11.8 Å². The Morgan fingerprint density at radius 1 is 1.59 bits per heavy atom. The molecule has 1 aliphatic rings. The van der Waals surface area contributed by atoms with Crippen molar-refractivity contribution in [3.63, 3.8) is 0 Å². The summed E-state index contributed by atoms with van der Waals surface area (Å²) in [6.45, 7) is 6.05. The highest BCUT2D eigenvalue weighted by atomic mass is 16.6. The molecule has 2 unspecified atom stereocenters. The zero-order valence-electron chi connectivity index (χ0n) is 13.3. The number of piperidine rings is 1. The summed E-state index contributed by atoms with van der Waals surface area (Å²) >= 11 is 0. The van der Waals surface area contributed by atoms with Crippen LogP contribution in [0.5, 0.6) is 0 Å². The van der Waals surface area contributed by atoms with Crippen molar-refractivity contribution in [3.8, 4) is 0 Å². The molecule has 0 spiro atoms. The minimum atomic E-state index is -0.406. The second-order valence-electron chi connectivity index (χ2n) is 5.85. The molecule has 0 aliphatic carbocycles. The third-order valence-electron chi connectivity index (χ3n) is 3.74. The first-order valence-electron chi connectivity index (χ1n) is 7.52. The molecule has 0 radical (unpaired) electrons. The molecule has 1 N–H and O–H groups in total. The summed E-state index contributed by atoms with van der Waals surface area (Å²) in [6.07, 6.45) is 3.54. The number of anilines is 2. The summed E-state index contributed by atoms with van der Waals surface area (Å²) in [5.41, 5.74) is -0.0560. The van der Waals surface area contributed by atoms with Crippen molar-refractivity contribution in [2.75, 3.05) is 37.0 Å². The Morgan fingerprint density at radius 2 is 2.36 bits per heavy atom. The monoisotopic (exact) mass is 309 g/mol. The van der Waals surface area contributed by atoms with Crippen LogP contribution >= 0.6 is 0 Å². The van der Waals surface area contributed by atoms with E-state index < -0.39 is 4.92 Å². The van der Waals surface area contributed by atoms with Crippen LogP contribution in [0.3, 0.4) is 0 Å². The Balaban J connectivity index is 2.31. The summed E-state index contributed by atoms with van der Waals surface area (Å²) in [4.78, 5) is 21.3. The molecule has 1 aromatic rings. The van der Waals surface area contributed by atoms with Crippen molar-refractivity contribution >= 4 is 17.3 Å². The van der Waals surface area contributed by atoms with E-state index in [1.165, 1.54) is 6.33 Å². The Kier molecular flexibility index (Phi) is 5.48. The maximum absolute atomic E-state index is 11.5. The first-order valence-corrected chi connectivity index (χ1v) is 7.52. The Hall–Kier alpha value is -1.96. The number of nitrogens with zero attached hydrogens (tertiary/aromatic N) is 4. The van der Waals surface area contributed by atoms with Gasteiger partial charge in [0.15, 0.2) is 0 Å². The zero-order chi connectivity index (χ0) is 16.1. The van der Waals surface area contributed by atoms with Gasteiger partial charge in [-0.1, -0.05) is 6.92 Å². The molecule has 1 aliphatic heterocycles. The molecular weight excluding hydrogens is 286 g/mol. The third-order valence-corrected chi connectivity index (χ3v) is 3.74. The predicted molar refractivity (Wildman–Crippen MR) is 84.3 cm³/mol. The van der Waals surface area contributed by atoms with Crippen LogP contribution in [-0.2, 0) is 4.74 Å². The van der Waals surface area contributed by atoms with Crippen molar-refractivity contribution in [1.82, 2.24) is 9.97 Å². The number of rotatable bonds is 6. The van der Waals surface area contributed by atoms with Crippen LogP contribution in [0.2, 0.25) is 0 Å². The number of hydrogen-bond donors (Lipinski definition) is 1. The van der Waals surface area contributed by atoms with Gasteiger partial charge in [-0.15, -0.1) is 0 Å².